The van der Waals surface area contributed by atoms with Crippen LogP contribution in [0, 0.1) is 5.82 Å². The van der Waals surface area contributed by atoms with Crippen LogP contribution in [0.3, 0.4) is 0 Å². The minimum atomic E-state index is -1.50. The molecule has 2 aromatic carbocycles. The summed E-state index contributed by atoms with van der Waals surface area (Å²) >= 11 is 0. The van der Waals surface area contributed by atoms with Gasteiger partial charge in [-0.05, 0) is 44.2 Å². The van der Waals surface area contributed by atoms with E-state index in [1.807, 2.05) is 18.2 Å². The van der Waals surface area contributed by atoms with Crippen molar-refractivity contribution in [1.82, 2.24) is 20.0 Å². The lowest BCUT2D eigenvalue weighted by atomic mass is 10.1. The number of imidazole rings is 1. The van der Waals surface area contributed by atoms with Crippen LogP contribution < -0.4 is 26.3 Å². The minimum absolute atomic E-state index is 0.0451. The van der Waals surface area contributed by atoms with Crippen LogP contribution in [0.2, 0.25) is 0 Å². The van der Waals surface area contributed by atoms with E-state index in [1.54, 1.807) is 0 Å². The third kappa shape index (κ3) is 3.88. The van der Waals surface area contributed by atoms with Crippen LogP contribution in [-0.2, 0) is 4.79 Å². The number of nitrogens with two attached hydrogens (primary N) is 1. The van der Waals surface area contributed by atoms with E-state index in [2.05, 4.69) is 27.1 Å². The first kappa shape index (κ1) is 22.8. The summed E-state index contributed by atoms with van der Waals surface area (Å²) < 4.78 is 15.5. The number of anilines is 2. The molecule has 3 heterocycles. The fraction of sp³-hybridized carbons (Fsp3) is 0.292. The van der Waals surface area contributed by atoms with E-state index in [0.29, 0.717) is 21.8 Å². The summed E-state index contributed by atoms with van der Waals surface area (Å²) in [6.45, 7) is 5.93. The van der Waals surface area contributed by atoms with Gasteiger partial charge in [-0.15, -0.1) is 4.73 Å². The van der Waals surface area contributed by atoms with Crippen molar-refractivity contribution in [2.45, 2.75) is 26.0 Å². The van der Waals surface area contributed by atoms with Crippen molar-refractivity contribution in [1.29, 1.82) is 0 Å². The van der Waals surface area contributed by atoms with Gasteiger partial charge in [-0.25, -0.2) is 14.2 Å². The highest BCUT2D eigenvalue weighted by Crippen LogP contribution is 2.32. The molecule has 2 atom stereocenters. The maximum absolute atomic E-state index is 14.8. The molecule has 4 aromatic rings. The fourth-order valence-corrected chi connectivity index (χ4v) is 4.40. The van der Waals surface area contributed by atoms with Crippen LogP contribution in [0.25, 0.3) is 33.3 Å². The average Bonchev–Trinajstić information content (AvgIpc) is 3.24. The van der Waals surface area contributed by atoms with Gasteiger partial charge in [0.2, 0.25) is 0 Å². The first-order valence-corrected chi connectivity index (χ1v) is 11.3. The Morgan fingerprint density at radius 3 is 2.89 bits per heavy atom. The Morgan fingerprint density at radius 1 is 1.34 bits per heavy atom. The number of benzene rings is 2. The minimum Gasteiger partial charge on any atom is -0.397 e. The molecule has 10 nitrogen and oxygen atoms in total. The fourth-order valence-electron chi connectivity index (χ4n) is 4.40. The number of hydrogen-bond acceptors (Lipinski definition) is 8. The van der Waals surface area contributed by atoms with E-state index < -0.39 is 23.4 Å². The highest BCUT2D eigenvalue weighted by Gasteiger charge is 2.25. The summed E-state index contributed by atoms with van der Waals surface area (Å²) in [5, 5.41) is 12.8. The second-order valence-corrected chi connectivity index (χ2v) is 8.64. The topological polar surface area (TPSA) is 138 Å². The number of nitrogen functional groups attached to an aromatic ring is 1. The number of carbonyl (C=O) groups excluding carboxylic acids is 1. The highest BCUT2D eigenvalue weighted by molar-refractivity contribution is 5.99. The first-order valence-electron chi connectivity index (χ1n) is 11.3. The van der Waals surface area contributed by atoms with E-state index in [-0.39, 0.29) is 28.0 Å². The molecular formula is C24H25FN6O4. The number of nitrogens with zero attached hydrogens (tertiary/aromatic N) is 3. The van der Waals surface area contributed by atoms with Gasteiger partial charge in [0.25, 0.3) is 5.56 Å². The van der Waals surface area contributed by atoms with Crippen molar-refractivity contribution in [2.75, 3.05) is 30.3 Å². The smallest absolute Gasteiger partial charge is 0.360 e. The van der Waals surface area contributed by atoms with E-state index in [0.717, 1.165) is 25.3 Å². The van der Waals surface area contributed by atoms with Crippen LogP contribution in [0.1, 0.15) is 13.8 Å². The number of aromatic nitrogens is 3. The normalized spacial score (nSPS) is 17.1. The van der Waals surface area contributed by atoms with Crippen LogP contribution in [0.15, 0.2) is 41.2 Å². The van der Waals surface area contributed by atoms with Crippen molar-refractivity contribution in [2.24, 2.45) is 0 Å². The summed E-state index contributed by atoms with van der Waals surface area (Å²) in [6, 6.07) is 9.99. The van der Waals surface area contributed by atoms with Crippen molar-refractivity contribution in [3.8, 4) is 11.4 Å². The molecule has 0 bridgehead atoms. The average molecular weight is 481 g/mol. The Kier molecular flexibility index (Phi) is 5.65. The Bertz CT molecular complexity index is 1510. The molecule has 1 aliphatic heterocycles. The van der Waals surface area contributed by atoms with Gasteiger partial charge in [0.1, 0.15) is 17.2 Å². The van der Waals surface area contributed by atoms with Crippen LogP contribution >= 0.6 is 0 Å². The lowest BCUT2D eigenvalue weighted by molar-refractivity contribution is -0.152. The third-order valence-corrected chi connectivity index (χ3v) is 6.20. The number of H-pyrrole nitrogens is 1. The Balaban J connectivity index is 1.69. The van der Waals surface area contributed by atoms with Crippen LogP contribution in [0.5, 0.6) is 0 Å². The molecule has 0 saturated carbocycles. The van der Waals surface area contributed by atoms with Gasteiger partial charge < -0.3 is 30.9 Å². The zero-order valence-electron chi connectivity index (χ0n) is 19.2. The molecule has 5 rings (SSSR count). The van der Waals surface area contributed by atoms with Gasteiger partial charge in [-0.2, -0.15) is 0 Å². The highest BCUT2D eigenvalue weighted by atomic mass is 19.1. The number of rotatable bonds is 4. The zero-order chi connectivity index (χ0) is 24.9. The largest absolute Gasteiger partial charge is 0.397 e. The van der Waals surface area contributed by atoms with E-state index >= 15 is 0 Å². The molecule has 35 heavy (non-hydrogen) atoms. The lowest BCUT2D eigenvalue weighted by Crippen LogP contribution is -2.49. The number of nitrogens with one attached hydrogen (secondary N) is 2. The summed E-state index contributed by atoms with van der Waals surface area (Å²) in [5.74, 6) is -1.66. The summed E-state index contributed by atoms with van der Waals surface area (Å²) in [6.07, 6.45) is -1.50. The summed E-state index contributed by atoms with van der Waals surface area (Å²) in [4.78, 5) is 40.5. The predicted molar refractivity (Wildman–Crippen MR) is 131 cm³/mol. The predicted octanol–water partition coefficient (Wildman–Crippen LogP) is 1.40. The maximum Gasteiger partial charge on any atom is 0.360 e. The number of piperazine rings is 1. The molecule has 1 aliphatic rings. The van der Waals surface area contributed by atoms with Gasteiger partial charge in [-0.1, -0.05) is 6.07 Å². The molecule has 182 valence electrons. The SMILES string of the molecule is CC(O)C(=O)On1c(=O)c(-c2nc3ccc(N4CCNCC4C)cc3[nH]2)c(N)c2c(F)cccc21. The summed E-state index contributed by atoms with van der Waals surface area (Å²) in [5.41, 5.74) is 7.40. The number of aliphatic hydroxyl groups excluding tert-OH is 1. The number of aliphatic hydroxyl groups is 1. The quantitative estimate of drug-likeness (QED) is 0.344. The Labute approximate surface area is 199 Å². The number of pyridine rings is 1. The molecule has 1 saturated heterocycles. The lowest BCUT2D eigenvalue weighted by Gasteiger charge is -2.35. The van der Waals surface area contributed by atoms with E-state index in [4.69, 9.17) is 10.6 Å². The summed E-state index contributed by atoms with van der Waals surface area (Å²) in [7, 11) is 0. The maximum atomic E-state index is 14.8. The first-order chi connectivity index (χ1) is 16.8. The number of halogens is 1. The van der Waals surface area contributed by atoms with Gasteiger partial charge in [0, 0.05) is 31.4 Å². The van der Waals surface area contributed by atoms with Gasteiger partial charge in [-0.3, -0.25) is 4.79 Å². The van der Waals surface area contributed by atoms with Gasteiger partial charge in [0.05, 0.1) is 27.6 Å². The molecule has 2 aromatic heterocycles. The van der Waals surface area contributed by atoms with Gasteiger partial charge in [0.15, 0.2) is 6.10 Å². The second kappa shape index (κ2) is 8.67. The molecule has 0 radical (unpaired) electrons. The van der Waals surface area contributed by atoms with Crippen molar-refractivity contribution >= 4 is 39.3 Å². The van der Waals surface area contributed by atoms with Crippen molar-refractivity contribution in [3.05, 3.63) is 52.6 Å². The third-order valence-electron chi connectivity index (χ3n) is 6.20. The number of carbonyl (C=O) groups is 1. The molecule has 0 amide bonds. The standard InChI is InChI=1S/C24H25FN6O4/c1-12-11-27-8-9-30(12)14-6-7-16-17(10-14)29-22(28-16)20-21(26)19-15(25)4-3-5-18(19)31(23(20)33)35-24(34)13(2)32/h3-7,10,12-13,27,32H,8-9,11,26H2,1-2H3,(H,28,29). The molecule has 11 heteroatoms. The van der Waals surface area contributed by atoms with Crippen molar-refractivity contribution in [3.63, 3.8) is 0 Å². The number of aromatic amines is 1. The molecule has 0 aliphatic carbocycles. The Morgan fingerprint density at radius 2 is 2.14 bits per heavy atom. The second-order valence-electron chi connectivity index (χ2n) is 8.64. The molecule has 5 N–H and O–H groups in total. The molecule has 2 unspecified atom stereocenters. The monoisotopic (exact) mass is 480 g/mol. The van der Waals surface area contributed by atoms with Crippen LogP contribution in [-0.4, -0.2) is 57.6 Å². The number of hydrogen-bond donors (Lipinski definition) is 4. The molecule has 0 spiro atoms. The van der Waals surface area contributed by atoms with Crippen LogP contribution in [0.4, 0.5) is 15.8 Å². The Hall–Kier alpha value is -3.96. The van der Waals surface area contributed by atoms with E-state index in [9.17, 15) is 19.1 Å². The molecular weight excluding hydrogens is 455 g/mol. The molecule has 1 fully saturated rings. The van der Waals surface area contributed by atoms with Gasteiger partial charge >= 0.3 is 5.97 Å². The zero-order valence-corrected chi connectivity index (χ0v) is 19.2. The van der Waals surface area contributed by atoms with Crippen molar-refractivity contribution < 1.29 is 19.1 Å². The number of fused-ring (bicyclic) bond motifs is 2. The van der Waals surface area contributed by atoms with E-state index in [1.165, 1.54) is 25.1 Å².